The topological polar surface area (TPSA) is 37.3 Å². The summed E-state index contributed by atoms with van der Waals surface area (Å²) in [7, 11) is 0. The molecule has 1 N–H and O–H groups in total. The number of hydrogen-bond acceptors (Lipinski definition) is 1. The molecule has 0 radical (unpaired) electrons. The first-order valence-corrected chi connectivity index (χ1v) is 4.57. The number of hydrogen-bond donors (Lipinski definition) is 1. The first-order chi connectivity index (χ1) is 6.02. The minimum atomic E-state index is -1.07. The maximum absolute atomic E-state index is 10.6. The Morgan fingerprint density at radius 1 is 1.54 bits per heavy atom. The Morgan fingerprint density at radius 3 is 2.62 bits per heavy atom. The number of carboxylic acids is 1. The van der Waals surface area contributed by atoms with Crippen LogP contribution in [0.5, 0.6) is 0 Å². The van der Waals surface area contributed by atoms with Crippen molar-refractivity contribution in [1.29, 1.82) is 0 Å². The third-order valence-electron chi connectivity index (χ3n) is 1.51. The number of halogens is 2. The van der Waals surface area contributed by atoms with Crippen molar-refractivity contribution in [3.63, 3.8) is 0 Å². The average Bonchev–Trinajstić information content (AvgIpc) is 2.03. The Bertz CT molecular complexity index is 374. The van der Waals surface area contributed by atoms with E-state index in [4.69, 9.17) is 16.7 Å². The van der Waals surface area contributed by atoms with Crippen molar-refractivity contribution >= 4 is 39.1 Å². The normalized spacial score (nSPS) is 9.69. The van der Waals surface area contributed by atoms with Gasteiger partial charge in [-0.3, -0.25) is 0 Å². The zero-order chi connectivity index (χ0) is 10.0. The summed E-state index contributed by atoms with van der Waals surface area (Å²) < 4.78 is 0.805. The van der Waals surface area contributed by atoms with Crippen molar-refractivity contribution in [2.75, 3.05) is 0 Å². The Hall–Kier alpha value is -0.800. The van der Waals surface area contributed by atoms with Crippen LogP contribution in [-0.4, -0.2) is 11.1 Å². The summed E-state index contributed by atoms with van der Waals surface area (Å²) in [4.78, 5) is 10.6. The summed E-state index contributed by atoms with van der Waals surface area (Å²) in [6.07, 6.45) is 0. The Labute approximate surface area is 89.0 Å². The van der Waals surface area contributed by atoms with E-state index in [0.29, 0.717) is 10.6 Å². The van der Waals surface area contributed by atoms with Crippen LogP contribution in [0.4, 0.5) is 0 Å². The molecule has 0 bridgehead atoms. The van der Waals surface area contributed by atoms with Crippen molar-refractivity contribution in [2.45, 2.75) is 0 Å². The highest BCUT2D eigenvalue weighted by molar-refractivity contribution is 9.10. The number of aliphatic carboxylic acids is 1. The van der Waals surface area contributed by atoms with Gasteiger partial charge in [-0.2, -0.15) is 0 Å². The molecule has 0 aliphatic rings. The fraction of sp³-hybridized carbons (Fsp3) is 0. The molecule has 0 unspecified atom stereocenters. The molecule has 0 amide bonds. The van der Waals surface area contributed by atoms with E-state index in [-0.39, 0.29) is 5.57 Å². The van der Waals surface area contributed by atoms with Crippen molar-refractivity contribution in [1.82, 2.24) is 0 Å². The largest absolute Gasteiger partial charge is 0.478 e. The van der Waals surface area contributed by atoms with Crippen molar-refractivity contribution < 1.29 is 9.90 Å². The van der Waals surface area contributed by atoms with Crippen LogP contribution in [0.25, 0.3) is 5.57 Å². The molecule has 0 aliphatic heterocycles. The average molecular weight is 262 g/mol. The second-order valence-electron chi connectivity index (χ2n) is 2.41. The summed E-state index contributed by atoms with van der Waals surface area (Å²) in [6, 6.07) is 4.96. The molecule has 0 saturated heterocycles. The van der Waals surface area contributed by atoms with Gasteiger partial charge in [-0.1, -0.05) is 40.2 Å². The molecule has 0 atom stereocenters. The van der Waals surface area contributed by atoms with Crippen LogP contribution >= 0.6 is 27.5 Å². The van der Waals surface area contributed by atoms with Crippen molar-refractivity contribution in [3.05, 3.63) is 39.8 Å². The van der Waals surface area contributed by atoms with Gasteiger partial charge in [-0.15, -0.1) is 0 Å². The van der Waals surface area contributed by atoms with Crippen LogP contribution in [0, 0.1) is 0 Å². The maximum Gasteiger partial charge on any atom is 0.335 e. The highest BCUT2D eigenvalue weighted by Crippen LogP contribution is 2.26. The zero-order valence-corrected chi connectivity index (χ0v) is 8.89. The van der Waals surface area contributed by atoms with E-state index >= 15 is 0 Å². The van der Waals surface area contributed by atoms with Gasteiger partial charge in [0.1, 0.15) is 0 Å². The Kier molecular flexibility index (Phi) is 3.12. The molecule has 2 nitrogen and oxygen atoms in total. The van der Waals surface area contributed by atoms with E-state index in [2.05, 4.69) is 22.5 Å². The standard InChI is InChI=1S/C9H6BrClO2/c1-5(9(12)13)7-3-2-6(10)4-8(7)11/h2-4H,1H2,(H,12,13). The van der Waals surface area contributed by atoms with Crippen LogP contribution in [0.15, 0.2) is 29.3 Å². The predicted molar refractivity (Wildman–Crippen MR) is 55.8 cm³/mol. The molecule has 0 fully saturated rings. The van der Waals surface area contributed by atoms with Gasteiger partial charge in [-0.05, 0) is 12.1 Å². The molecular weight excluding hydrogens is 255 g/mol. The lowest BCUT2D eigenvalue weighted by Crippen LogP contribution is -1.98. The molecule has 68 valence electrons. The molecule has 0 spiro atoms. The number of carbonyl (C=O) groups is 1. The molecule has 0 heterocycles. The molecule has 13 heavy (non-hydrogen) atoms. The molecule has 0 aromatic heterocycles. The Morgan fingerprint density at radius 2 is 2.15 bits per heavy atom. The lowest BCUT2D eigenvalue weighted by atomic mass is 10.1. The third-order valence-corrected chi connectivity index (χ3v) is 2.32. The maximum atomic E-state index is 10.6. The number of benzene rings is 1. The minimum Gasteiger partial charge on any atom is -0.478 e. The fourth-order valence-electron chi connectivity index (χ4n) is 0.849. The molecular formula is C9H6BrClO2. The highest BCUT2D eigenvalue weighted by Gasteiger charge is 2.10. The van der Waals surface area contributed by atoms with Gasteiger partial charge < -0.3 is 5.11 Å². The van der Waals surface area contributed by atoms with Crippen molar-refractivity contribution in [2.24, 2.45) is 0 Å². The summed E-state index contributed by atoms with van der Waals surface area (Å²) in [5.74, 6) is -1.07. The lowest BCUT2D eigenvalue weighted by molar-refractivity contribution is -0.130. The van der Waals surface area contributed by atoms with Crippen LogP contribution in [0.3, 0.4) is 0 Å². The summed E-state index contributed by atoms with van der Waals surface area (Å²) in [5.41, 5.74) is 0.440. The van der Waals surface area contributed by atoms with E-state index in [1.807, 2.05) is 0 Å². The van der Waals surface area contributed by atoms with Gasteiger partial charge >= 0.3 is 5.97 Å². The first-order valence-electron chi connectivity index (χ1n) is 3.40. The molecule has 1 rings (SSSR count). The zero-order valence-electron chi connectivity index (χ0n) is 6.55. The third kappa shape index (κ3) is 2.32. The van der Waals surface area contributed by atoms with Gasteiger partial charge in [-0.25, -0.2) is 4.79 Å². The Balaban J connectivity index is 3.16. The second-order valence-corrected chi connectivity index (χ2v) is 3.73. The van der Waals surface area contributed by atoms with Crippen LogP contribution in [-0.2, 0) is 4.79 Å². The summed E-state index contributed by atoms with van der Waals surface area (Å²) >= 11 is 9.04. The van der Waals surface area contributed by atoms with E-state index in [9.17, 15) is 4.79 Å². The van der Waals surface area contributed by atoms with Crippen molar-refractivity contribution in [3.8, 4) is 0 Å². The summed E-state index contributed by atoms with van der Waals surface area (Å²) in [6.45, 7) is 3.42. The SMILES string of the molecule is C=C(C(=O)O)c1ccc(Br)cc1Cl. The minimum absolute atomic E-state index is 0.00231. The van der Waals surface area contributed by atoms with Gasteiger partial charge in [0.05, 0.1) is 5.57 Å². The smallest absolute Gasteiger partial charge is 0.335 e. The van der Waals surface area contributed by atoms with Gasteiger partial charge in [0.2, 0.25) is 0 Å². The van der Waals surface area contributed by atoms with Crippen LogP contribution < -0.4 is 0 Å². The first kappa shape index (κ1) is 10.3. The van der Waals surface area contributed by atoms with Gasteiger partial charge in [0.25, 0.3) is 0 Å². The molecule has 1 aromatic rings. The number of carboxylic acid groups (broad SMARTS) is 1. The molecule has 4 heteroatoms. The molecule has 0 saturated carbocycles. The highest BCUT2D eigenvalue weighted by atomic mass is 79.9. The predicted octanol–water partition coefficient (Wildman–Crippen LogP) is 3.20. The summed E-state index contributed by atoms with van der Waals surface area (Å²) in [5, 5.41) is 9.04. The molecule has 1 aromatic carbocycles. The quantitative estimate of drug-likeness (QED) is 0.830. The number of rotatable bonds is 2. The van der Waals surface area contributed by atoms with E-state index in [1.54, 1.807) is 18.2 Å². The van der Waals surface area contributed by atoms with E-state index < -0.39 is 5.97 Å². The van der Waals surface area contributed by atoms with E-state index in [1.165, 1.54) is 0 Å². The lowest BCUT2D eigenvalue weighted by Gasteiger charge is -2.03. The van der Waals surface area contributed by atoms with Crippen LogP contribution in [0.2, 0.25) is 5.02 Å². The van der Waals surface area contributed by atoms with Gasteiger partial charge in [0.15, 0.2) is 0 Å². The fourth-order valence-corrected chi connectivity index (χ4v) is 1.64. The second kappa shape index (κ2) is 3.94. The van der Waals surface area contributed by atoms with Crippen LogP contribution in [0.1, 0.15) is 5.56 Å². The van der Waals surface area contributed by atoms with Gasteiger partial charge in [0, 0.05) is 15.1 Å². The van der Waals surface area contributed by atoms with E-state index in [0.717, 1.165) is 4.47 Å². The monoisotopic (exact) mass is 260 g/mol. The molecule has 0 aliphatic carbocycles.